The van der Waals surface area contributed by atoms with E-state index >= 15 is 0 Å². The third-order valence-corrected chi connectivity index (χ3v) is 5.43. The van der Waals surface area contributed by atoms with Gasteiger partial charge in [0.15, 0.2) is 6.61 Å². The number of esters is 2. The maximum absolute atomic E-state index is 13.3. The SMILES string of the molecule is CC1=C(C(=O)OCc2ccccc2)C(c2cccc([N+](=O)[O-])c2)C(C(=O)OCC(O)[N+](=O)[O-])=C(C)N1. The van der Waals surface area contributed by atoms with Crippen molar-refractivity contribution in [3.05, 3.63) is 108 Å². The van der Waals surface area contributed by atoms with E-state index in [1.165, 1.54) is 31.2 Å². The van der Waals surface area contributed by atoms with Gasteiger partial charge in [-0.1, -0.05) is 42.5 Å². The molecular weight excluding hydrogens is 474 g/mol. The lowest BCUT2D eigenvalue weighted by molar-refractivity contribution is -0.572. The first-order valence-corrected chi connectivity index (χ1v) is 10.7. The number of carbonyl (C=O) groups excluding carboxylic acids is 2. The third-order valence-electron chi connectivity index (χ3n) is 5.43. The lowest BCUT2D eigenvalue weighted by Gasteiger charge is -2.30. The van der Waals surface area contributed by atoms with Crippen LogP contribution >= 0.6 is 0 Å². The van der Waals surface area contributed by atoms with Crippen LogP contribution in [0.3, 0.4) is 0 Å². The first-order chi connectivity index (χ1) is 17.1. The van der Waals surface area contributed by atoms with Gasteiger partial charge < -0.3 is 19.9 Å². The van der Waals surface area contributed by atoms with E-state index in [-0.39, 0.29) is 34.7 Å². The summed E-state index contributed by atoms with van der Waals surface area (Å²) in [6.07, 6.45) is -2.14. The van der Waals surface area contributed by atoms with E-state index in [0.717, 1.165) is 5.56 Å². The van der Waals surface area contributed by atoms with Crippen molar-refractivity contribution in [3.8, 4) is 0 Å². The Labute approximate surface area is 205 Å². The maximum atomic E-state index is 13.3. The van der Waals surface area contributed by atoms with Gasteiger partial charge in [0.2, 0.25) is 0 Å². The van der Waals surface area contributed by atoms with Crippen LogP contribution in [-0.4, -0.2) is 39.7 Å². The fourth-order valence-corrected chi connectivity index (χ4v) is 3.78. The van der Waals surface area contributed by atoms with Gasteiger partial charge in [0.05, 0.1) is 26.9 Å². The topological polar surface area (TPSA) is 171 Å². The molecule has 2 N–H and O–H groups in total. The number of nitrogens with zero attached hydrogens (tertiary/aromatic N) is 2. The van der Waals surface area contributed by atoms with Crippen molar-refractivity contribution in [2.75, 3.05) is 6.61 Å². The summed E-state index contributed by atoms with van der Waals surface area (Å²) in [5, 5.41) is 34.4. The van der Waals surface area contributed by atoms with Crippen molar-refractivity contribution in [2.24, 2.45) is 0 Å². The van der Waals surface area contributed by atoms with E-state index in [1.54, 1.807) is 31.2 Å². The Bertz CT molecular complexity index is 1250. The number of allylic oxidation sites excluding steroid dienone is 2. The molecule has 0 fully saturated rings. The molecule has 1 aliphatic rings. The van der Waals surface area contributed by atoms with Crippen LogP contribution in [0.25, 0.3) is 0 Å². The van der Waals surface area contributed by atoms with Gasteiger partial charge in [0.1, 0.15) is 6.61 Å². The highest BCUT2D eigenvalue weighted by atomic mass is 16.7. The van der Waals surface area contributed by atoms with Gasteiger partial charge in [0.25, 0.3) is 5.69 Å². The van der Waals surface area contributed by atoms with Crippen LogP contribution in [0.5, 0.6) is 0 Å². The van der Waals surface area contributed by atoms with E-state index in [9.17, 15) is 34.9 Å². The summed E-state index contributed by atoms with van der Waals surface area (Å²) in [5.41, 5.74) is 1.21. The molecule has 2 aromatic rings. The van der Waals surface area contributed by atoms with Crippen LogP contribution in [0.4, 0.5) is 5.69 Å². The molecule has 0 spiro atoms. The summed E-state index contributed by atoms with van der Waals surface area (Å²) < 4.78 is 10.4. The number of ether oxygens (including phenoxy) is 2. The number of carbonyl (C=O) groups is 2. The van der Waals surface area contributed by atoms with Gasteiger partial charge in [-0.2, -0.15) is 0 Å². The van der Waals surface area contributed by atoms with Crippen molar-refractivity contribution in [3.63, 3.8) is 0 Å². The van der Waals surface area contributed by atoms with Crippen LogP contribution in [0.1, 0.15) is 30.9 Å². The van der Waals surface area contributed by atoms with Crippen molar-refractivity contribution in [1.29, 1.82) is 0 Å². The molecule has 0 saturated heterocycles. The highest BCUT2D eigenvalue weighted by Crippen LogP contribution is 2.40. The highest BCUT2D eigenvalue weighted by molar-refractivity contribution is 6.00. The molecule has 0 bridgehead atoms. The average molecular weight is 497 g/mol. The number of dihydropyridines is 1. The fourth-order valence-electron chi connectivity index (χ4n) is 3.78. The predicted octanol–water partition coefficient (Wildman–Crippen LogP) is 2.71. The lowest BCUT2D eigenvalue weighted by Crippen LogP contribution is -2.34. The number of hydrogen-bond acceptors (Lipinski definition) is 10. The Morgan fingerprint density at radius 2 is 1.58 bits per heavy atom. The second kappa shape index (κ2) is 11.2. The Balaban J connectivity index is 2.02. The summed E-state index contributed by atoms with van der Waals surface area (Å²) in [5.74, 6) is -2.96. The van der Waals surface area contributed by atoms with Crippen LogP contribution < -0.4 is 5.32 Å². The largest absolute Gasteiger partial charge is 0.457 e. The number of non-ortho nitro benzene ring substituents is 1. The smallest absolute Gasteiger partial charge is 0.347 e. The molecule has 0 radical (unpaired) electrons. The first-order valence-electron chi connectivity index (χ1n) is 10.7. The predicted molar refractivity (Wildman–Crippen MR) is 125 cm³/mol. The van der Waals surface area contributed by atoms with E-state index < -0.39 is 40.5 Å². The van der Waals surface area contributed by atoms with Crippen molar-refractivity contribution >= 4 is 17.6 Å². The number of aliphatic hydroxyl groups excluding tert-OH is 1. The van der Waals surface area contributed by atoms with Crippen LogP contribution in [-0.2, 0) is 25.7 Å². The zero-order valence-electron chi connectivity index (χ0n) is 19.4. The summed E-state index contributed by atoms with van der Waals surface area (Å²) >= 11 is 0. The lowest BCUT2D eigenvalue weighted by atomic mass is 9.80. The first kappa shape index (κ1) is 26.0. The standard InChI is InChI=1S/C24H23N3O9/c1-14-20(23(29)35-12-16-7-4-3-5-8-16)22(17-9-6-10-18(11-17)26(31)32)21(15(2)25-14)24(30)36-13-19(28)27(33)34/h3-11,19,22,25,28H,12-13H2,1-2H3. The molecule has 12 nitrogen and oxygen atoms in total. The van der Waals surface area contributed by atoms with Gasteiger partial charge in [-0.05, 0) is 25.0 Å². The molecular formula is C24H23N3O9. The zero-order chi connectivity index (χ0) is 26.4. The number of benzene rings is 2. The van der Waals surface area contributed by atoms with Crippen LogP contribution in [0.15, 0.2) is 77.1 Å². The minimum absolute atomic E-state index is 0.0128. The second-order valence-electron chi connectivity index (χ2n) is 7.91. The van der Waals surface area contributed by atoms with Gasteiger partial charge in [-0.25, -0.2) is 9.59 Å². The Hall–Kier alpha value is -4.58. The van der Waals surface area contributed by atoms with E-state index in [2.05, 4.69) is 5.32 Å². The summed E-state index contributed by atoms with van der Waals surface area (Å²) in [7, 11) is 0. The monoisotopic (exact) mass is 497 g/mol. The molecule has 0 amide bonds. The number of nitro benzene ring substituents is 1. The van der Waals surface area contributed by atoms with Crippen molar-refractivity contribution in [1.82, 2.24) is 5.32 Å². The molecule has 1 heterocycles. The molecule has 188 valence electrons. The fraction of sp³-hybridized carbons (Fsp3) is 0.250. The average Bonchev–Trinajstić information content (AvgIpc) is 2.85. The van der Waals surface area contributed by atoms with Crippen molar-refractivity contribution in [2.45, 2.75) is 32.6 Å². The number of aliphatic hydroxyl groups is 1. The molecule has 0 aliphatic carbocycles. The van der Waals surface area contributed by atoms with Gasteiger partial charge in [-0.3, -0.25) is 20.2 Å². The van der Waals surface area contributed by atoms with Gasteiger partial charge in [0, 0.05) is 23.5 Å². The molecule has 0 saturated carbocycles. The molecule has 0 aromatic heterocycles. The summed E-state index contributed by atoms with van der Waals surface area (Å²) in [6.45, 7) is 2.13. The normalized spacial score (nSPS) is 16.1. The molecule has 2 atom stereocenters. The van der Waals surface area contributed by atoms with Gasteiger partial charge >= 0.3 is 18.2 Å². The van der Waals surface area contributed by atoms with Crippen LogP contribution in [0.2, 0.25) is 0 Å². The zero-order valence-corrected chi connectivity index (χ0v) is 19.4. The highest BCUT2D eigenvalue weighted by Gasteiger charge is 2.39. The van der Waals surface area contributed by atoms with E-state index in [1.807, 2.05) is 6.07 Å². The number of nitrogens with one attached hydrogen (secondary N) is 1. The molecule has 3 rings (SSSR count). The quantitative estimate of drug-likeness (QED) is 0.227. The second-order valence-corrected chi connectivity index (χ2v) is 7.91. The molecule has 12 heteroatoms. The third kappa shape index (κ3) is 5.91. The van der Waals surface area contributed by atoms with E-state index in [0.29, 0.717) is 5.70 Å². The molecule has 36 heavy (non-hydrogen) atoms. The Morgan fingerprint density at radius 3 is 2.17 bits per heavy atom. The summed E-state index contributed by atoms with van der Waals surface area (Å²) in [6, 6.07) is 14.3. The molecule has 2 unspecified atom stereocenters. The molecule has 2 aromatic carbocycles. The Kier molecular flexibility index (Phi) is 8.12. The number of nitro groups is 2. The number of rotatable bonds is 9. The minimum Gasteiger partial charge on any atom is -0.457 e. The number of hydrogen-bond donors (Lipinski definition) is 2. The van der Waals surface area contributed by atoms with Crippen LogP contribution in [0, 0.1) is 20.2 Å². The van der Waals surface area contributed by atoms with E-state index in [4.69, 9.17) is 9.47 Å². The summed E-state index contributed by atoms with van der Waals surface area (Å²) in [4.78, 5) is 46.8. The minimum atomic E-state index is -2.14. The maximum Gasteiger partial charge on any atom is 0.347 e. The Morgan fingerprint density at radius 1 is 0.972 bits per heavy atom. The van der Waals surface area contributed by atoms with Crippen molar-refractivity contribution < 1.29 is 34.0 Å². The molecule has 1 aliphatic heterocycles. The van der Waals surface area contributed by atoms with Gasteiger partial charge in [-0.15, -0.1) is 0 Å².